The summed E-state index contributed by atoms with van der Waals surface area (Å²) < 4.78 is 12.0. The lowest BCUT2D eigenvalue weighted by Crippen LogP contribution is -2.41. The second-order valence-corrected chi connectivity index (χ2v) is 7.59. The van der Waals surface area contributed by atoms with Crippen LogP contribution in [0.4, 0.5) is 0 Å². The van der Waals surface area contributed by atoms with E-state index in [1.54, 1.807) is 6.07 Å². The van der Waals surface area contributed by atoms with Gasteiger partial charge in [-0.2, -0.15) is 0 Å². The van der Waals surface area contributed by atoms with Crippen molar-refractivity contribution in [3.05, 3.63) is 53.2 Å². The summed E-state index contributed by atoms with van der Waals surface area (Å²) in [6.45, 7) is 10.5. The number of carbonyl (C=O) groups excluding carboxylic acids is 1. The highest BCUT2D eigenvalue weighted by atomic mass is 16.7. The minimum atomic E-state index is -0.497. The number of rotatable bonds is 4. The van der Waals surface area contributed by atoms with Gasteiger partial charge in [-0.15, -0.1) is 0 Å². The summed E-state index contributed by atoms with van der Waals surface area (Å²) in [6.07, 6.45) is 0. The Hall–Kier alpha value is -2.05. The van der Waals surface area contributed by atoms with E-state index in [1.807, 2.05) is 58.9 Å². The van der Waals surface area contributed by atoms with Crippen LogP contribution in [-0.4, -0.2) is 29.2 Å². The summed E-state index contributed by atoms with van der Waals surface area (Å²) in [5, 5.41) is 2.93. The van der Waals surface area contributed by atoms with Crippen molar-refractivity contribution in [1.29, 1.82) is 0 Å². The van der Waals surface area contributed by atoms with E-state index in [0.29, 0.717) is 12.2 Å². The van der Waals surface area contributed by atoms with Crippen LogP contribution < -0.4 is 10.9 Å². The van der Waals surface area contributed by atoms with Crippen molar-refractivity contribution < 1.29 is 14.1 Å². The molecule has 0 aliphatic carbocycles. The van der Waals surface area contributed by atoms with E-state index in [1.165, 1.54) is 5.56 Å². The van der Waals surface area contributed by atoms with Crippen molar-refractivity contribution in [2.75, 3.05) is 0 Å². The molecule has 0 atom stereocenters. The van der Waals surface area contributed by atoms with E-state index in [9.17, 15) is 4.79 Å². The number of aryl methyl sites for hydroxylation is 1. The second-order valence-electron chi connectivity index (χ2n) is 7.59. The van der Waals surface area contributed by atoms with Crippen molar-refractivity contribution in [1.82, 2.24) is 10.3 Å². The Morgan fingerprint density at radius 1 is 1.12 bits per heavy atom. The first kappa shape index (κ1) is 17.8. The lowest BCUT2D eigenvalue weighted by Gasteiger charge is -2.32. The number of aromatic nitrogens is 1. The number of carbonyl (C=O) groups is 1. The van der Waals surface area contributed by atoms with Gasteiger partial charge in [0.05, 0.1) is 11.2 Å². The first-order valence-electron chi connectivity index (χ1n) is 8.56. The third-order valence-electron chi connectivity index (χ3n) is 5.00. The van der Waals surface area contributed by atoms with Crippen LogP contribution in [0, 0.1) is 6.92 Å². The van der Waals surface area contributed by atoms with E-state index < -0.39 is 18.3 Å². The van der Waals surface area contributed by atoms with Crippen molar-refractivity contribution in [2.45, 2.75) is 52.4 Å². The molecule has 1 saturated heterocycles. The van der Waals surface area contributed by atoms with Gasteiger partial charge in [-0.1, -0.05) is 29.8 Å². The Bertz CT molecular complexity index is 766. The predicted molar refractivity (Wildman–Crippen MR) is 98.9 cm³/mol. The third kappa shape index (κ3) is 3.65. The monoisotopic (exact) mass is 340 g/mol. The normalized spacial score (nSPS) is 18.4. The Kier molecular flexibility index (Phi) is 4.52. The van der Waals surface area contributed by atoms with E-state index in [4.69, 9.17) is 9.31 Å². The van der Waals surface area contributed by atoms with Crippen LogP contribution in [-0.2, 0) is 15.9 Å². The molecule has 1 aliphatic rings. The zero-order chi connectivity index (χ0) is 18.2. The van der Waals surface area contributed by atoms with Gasteiger partial charge in [-0.25, -0.2) is 0 Å². The molecule has 1 fully saturated rings. The number of hydrogen-bond acceptors (Lipinski definition) is 3. The molecule has 2 N–H and O–H groups in total. The molecule has 0 bridgehead atoms. The van der Waals surface area contributed by atoms with Crippen LogP contribution in [0.2, 0.25) is 0 Å². The molecule has 0 unspecified atom stereocenters. The summed E-state index contributed by atoms with van der Waals surface area (Å²) in [6, 6.07) is 11.7. The molecule has 1 aromatic heterocycles. The van der Waals surface area contributed by atoms with Crippen LogP contribution in [0.15, 0.2) is 36.4 Å². The average molecular weight is 340 g/mol. The number of hydrogen-bond donors (Lipinski definition) is 2. The van der Waals surface area contributed by atoms with E-state index in [2.05, 4.69) is 16.4 Å². The van der Waals surface area contributed by atoms with Crippen molar-refractivity contribution in [2.24, 2.45) is 0 Å². The number of nitrogens with one attached hydrogen (secondary N) is 2. The van der Waals surface area contributed by atoms with Gasteiger partial charge in [0.25, 0.3) is 5.91 Å². The summed E-state index contributed by atoms with van der Waals surface area (Å²) in [4.78, 5) is 15.5. The van der Waals surface area contributed by atoms with Gasteiger partial charge in [0.1, 0.15) is 5.69 Å². The first-order valence-corrected chi connectivity index (χ1v) is 8.56. The van der Waals surface area contributed by atoms with Gasteiger partial charge >= 0.3 is 7.12 Å². The van der Waals surface area contributed by atoms with Gasteiger partial charge in [-0.05, 0) is 52.3 Å². The van der Waals surface area contributed by atoms with Gasteiger partial charge in [-0.3, -0.25) is 4.79 Å². The maximum absolute atomic E-state index is 12.4. The number of amides is 1. The van der Waals surface area contributed by atoms with Crippen molar-refractivity contribution in [3.8, 4) is 0 Å². The van der Waals surface area contributed by atoms with Crippen LogP contribution >= 0.6 is 0 Å². The molecule has 1 amide bonds. The molecule has 6 heteroatoms. The molecule has 132 valence electrons. The molecule has 1 aromatic carbocycles. The molecule has 0 radical (unpaired) electrons. The highest BCUT2D eigenvalue weighted by molar-refractivity contribution is 6.61. The maximum Gasteiger partial charge on any atom is 0.512 e. The fourth-order valence-electron chi connectivity index (χ4n) is 2.75. The summed E-state index contributed by atoms with van der Waals surface area (Å²) in [7, 11) is -0.497. The van der Waals surface area contributed by atoms with Crippen LogP contribution in [0.1, 0.15) is 49.3 Å². The van der Waals surface area contributed by atoms with Gasteiger partial charge in [0.15, 0.2) is 0 Å². The van der Waals surface area contributed by atoms with Crippen LogP contribution in [0.3, 0.4) is 0 Å². The quantitative estimate of drug-likeness (QED) is 0.841. The third-order valence-corrected chi connectivity index (χ3v) is 5.00. The van der Waals surface area contributed by atoms with E-state index in [-0.39, 0.29) is 5.91 Å². The number of benzene rings is 1. The highest BCUT2D eigenvalue weighted by Crippen LogP contribution is 2.36. The molecule has 0 spiro atoms. The van der Waals surface area contributed by atoms with Gasteiger partial charge in [0.2, 0.25) is 0 Å². The van der Waals surface area contributed by atoms with Crippen molar-refractivity contribution in [3.63, 3.8) is 0 Å². The Morgan fingerprint density at radius 2 is 1.80 bits per heavy atom. The second kappa shape index (κ2) is 6.35. The molecular formula is C19H25BN2O3. The Morgan fingerprint density at radius 3 is 2.44 bits per heavy atom. The minimum Gasteiger partial charge on any atom is -0.398 e. The zero-order valence-electron chi connectivity index (χ0n) is 15.5. The highest BCUT2D eigenvalue weighted by Gasteiger charge is 2.52. The fraction of sp³-hybridized carbons (Fsp3) is 0.421. The Labute approximate surface area is 149 Å². The SMILES string of the molecule is Cc1cccc(CNC(=O)c2ccc(B3OC(C)(C)C(C)(C)O3)[nH]2)c1. The average Bonchev–Trinajstić information content (AvgIpc) is 3.08. The number of H-pyrrole nitrogens is 1. The fourth-order valence-corrected chi connectivity index (χ4v) is 2.75. The van der Waals surface area contributed by atoms with E-state index in [0.717, 1.165) is 11.2 Å². The molecule has 3 rings (SSSR count). The van der Waals surface area contributed by atoms with Gasteiger partial charge in [0, 0.05) is 12.1 Å². The van der Waals surface area contributed by atoms with E-state index >= 15 is 0 Å². The van der Waals surface area contributed by atoms with Crippen LogP contribution in [0.25, 0.3) is 0 Å². The molecular weight excluding hydrogens is 315 g/mol. The molecule has 0 saturated carbocycles. The summed E-state index contributed by atoms with van der Waals surface area (Å²) in [5.74, 6) is -0.149. The van der Waals surface area contributed by atoms with Crippen LogP contribution in [0.5, 0.6) is 0 Å². The lowest BCUT2D eigenvalue weighted by molar-refractivity contribution is 0.00578. The topological polar surface area (TPSA) is 63.4 Å². The lowest BCUT2D eigenvalue weighted by atomic mass is 9.85. The molecule has 5 nitrogen and oxygen atoms in total. The molecule has 2 aromatic rings. The minimum absolute atomic E-state index is 0.149. The first-order chi connectivity index (χ1) is 11.7. The molecule has 25 heavy (non-hydrogen) atoms. The number of aromatic amines is 1. The summed E-state index contributed by atoms with van der Waals surface area (Å²) in [5.41, 5.74) is 2.68. The smallest absolute Gasteiger partial charge is 0.398 e. The zero-order valence-corrected chi connectivity index (χ0v) is 15.5. The largest absolute Gasteiger partial charge is 0.512 e. The summed E-state index contributed by atoms with van der Waals surface area (Å²) >= 11 is 0. The Balaban J connectivity index is 1.64. The molecule has 2 heterocycles. The molecule has 1 aliphatic heterocycles. The van der Waals surface area contributed by atoms with Crippen molar-refractivity contribution >= 4 is 18.6 Å². The van der Waals surface area contributed by atoms with Gasteiger partial charge < -0.3 is 19.6 Å². The maximum atomic E-state index is 12.4. The predicted octanol–water partition coefficient (Wildman–Crippen LogP) is 2.55. The standard InChI is InChI=1S/C19H25BN2O3/c1-13-7-6-8-14(11-13)12-21-17(23)15-9-10-16(22-15)20-24-18(2,3)19(4,5)25-20/h6-11,22H,12H2,1-5H3,(H,21,23).